The van der Waals surface area contributed by atoms with E-state index < -0.39 is 5.97 Å². The Morgan fingerprint density at radius 2 is 2.22 bits per heavy atom. The van der Waals surface area contributed by atoms with Gasteiger partial charge in [-0.2, -0.15) is 5.10 Å². The van der Waals surface area contributed by atoms with Crippen LogP contribution in [0.1, 0.15) is 16.1 Å². The van der Waals surface area contributed by atoms with E-state index in [4.69, 9.17) is 21.4 Å². The average molecular weight is 267 g/mol. The lowest BCUT2D eigenvalue weighted by molar-refractivity contribution is 0.0690. The van der Waals surface area contributed by atoms with Crippen molar-refractivity contribution in [3.8, 4) is 17.0 Å². The van der Waals surface area contributed by atoms with Crippen LogP contribution < -0.4 is 4.74 Å². The van der Waals surface area contributed by atoms with Gasteiger partial charge in [0.15, 0.2) is 0 Å². The fourth-order valence-corrected chi connectivity index (χ4v) is 1.87. The third-order valence-electron chi connectivity index (χ3n) is 2.65. The third kappa shape index (κ3) is 2.04. The van der Waals surface area contributed by atoms with Gasteiger partial charge in [0.25, 0.3) is 0 Å². The van der Waals surface area contributed by atoms with Crippen molar-refractivity contribution >= 4 is 17.6 Å². The Bertz CT molecular complexity index is 607. The Morgan fingerprint density at radius 3 is 2.78 bits per heavy atom. The van der Waals surface area contributed by atoms with Gasteiger partial charge in [0.2, 0.25) is 0 Å². The van der Waals surface area contributed by atoms with Crippen molar-refractivity contribution in [3.63, 3.8) is 0 Å². The van der Waals surface area contributed by atoms with Gasteiger partial charge < -0.3 is 9.84 Å². The summed E-state index contributed by atoms with van der Waals surface area (Å²) in [6.45, 7) is 1.83. The molecule has 94 valence electrons. The highest BCUT2D eigenvalue weighted by molar-refractivity contribution is 6.31. The zero-order valence-corrected chi connectivity index (χ0v) is 10.6. The summed E-state index contributed by atoms with van der Waals surface area (Å²) in [5.41, 5.74) is 1.99. The lowest BCUT2D eigenvalue weighted by Crippen LogP contribution is -1.95. The van der Waals surface area contributed by atoms with Crippen molar-refractivity contribution in [2.45, 2.75) is 6.92 Å². The van der Waals surface area contributed by atoms with E-state index in [0.29, 0.717) is 22.0 Å². The molecule has 0 atom stereocenters. The molecule has 0 amide bonds. The van der Waals surface area contributed by atoms with Crippen molar-refractivity contribution in [2.75, 3.05) is 7.11 Å². The number of H-pyrrole nitrogens is 1. The molecule has 1 heterocycles. The van der Waals surface area contributed by atoms with Crippen LogP contribution in [0.15, 0.2) is 18.2 Å². The molecule has 0 aliphatic heterocycles. The molecular weight excluding hydrogens is 256 g/mol. The molecule has 6 heteroatoms. The second-order valence-corrected chi connectivity index (χ2v) is 4.13. The molecule has 0 aliphatic rings. The van der Waals surface area contributed by atoms with Gasteiger partial charge in [-0.05, 0) is 30.7 Å². The Morgan fingerprint density at radius 1 is 1.50 bits per heavy atom. The van der Waals surface area contributed by atoms with E-state index in [9.17, 15) is 4.79 Å². The zero-order valence-electron chi connectivity index (χ0n) is 9.82. The van der Waals surface area contributed by atoms with Crippen LogP contribution >= 0.6 is 11.6 Å². The van der Waals surface area contributed by atoms with Crippen LogP contribution in [-0.4, -0.2) is 28.4 Å². The minimum Gasteiger partial charge on any atom is -0.496 e. The van der Waals surface area contributed by atoms with Crippen LogP contribution in [0.3, 0.4) is 0 Å². The summed E-state index contributed by atoms with van der Waals surface area (Å²) < 4.78 is 5.25. The smallest absolute Gasteiger partial charge is 0.353 e. The summed E-state index contributed by atoms with van der Waals surface area (Å²) in [5, 5.41) is 15.9. The van der Waals surface area contributed by atoms with E-state index in [1.807, 2.05) is 6.92 Å². The van der Waals surface area contributed by atoms with Crippen LogP contribution in [0.5, 0.6) is 5.75 Å². The monoisotopic (exact) mass is 266 g/mol. The van der Waals surface area contributed by atoms with E-state index in [1.54, 1.807) is 12.1 Å². The molecule has 1 aromatic carbocycles. The molecule has 2 N–H and O–H groups in total. The lowest BCUT2D eigenvalue weighted by Gasteiger charge is -2.10. The van der Waals surface area contributed by atoms with Crippen molar-refractivity contribution in [1.82, 2.24) is 10.2 Å². The molecular formula is C12H11ClN2O3. The quantitative estimate of drug-likeness (QED) is 0.896. The van der Waals surface area contributed by atoms with E-state index in [2.05, 4.69) is 10.2 Å². The van der Waals surface area contributed by atoms with Crippen LogP contribution in [0, 0.1) is 6.92 Å². The van der Waals surface area contributed by atoms with Gasteiger partial charge in [-0.1, -0.05) is 11.6 Å². The first kappa shape index (κ1) is 12.4. The predicted molar refractivity (Wildman–Crippen MR) is 67.3 cm³/mol. The number of halogens is 1. The topological polar surface area (TPSA) is 75.2 Å². The number of carbonyl (C=O) groups is 1. The Labute approximate surface area is 108 Å². The van der Waals surface area contributed by atoms with Crippen molar-refractivity contribution in [3.05, 3.63) is 34.5 Å². The first-order chi connectivity index (χ1) is 8.54. The van der Waals surface area contributed by atoms with E-state index in [0.717, 1.165) is 5.56 Å². The predicted octanol–water partition coefficient (Wildman–Crippen LogP) is 2.75. The maximum absolute atomic E-state index is 10.8. The summed E-state index contributed by atoms with van der Waals surface area (Å²) in [6, 6.07) is 4.90. The maximum atomic E-state index is 10.8. The van der Waals surface area contributed by atoms with Gasteiger partial charge >= 0.3 is 5.97 Å². The molecule has 0 fully saturated rings. The molecule has 1 aromatic heterocycles. The van der Waals surface area contributed by atoms with Crippen LogP contribution in [0.4, 0.5) is 0 Å². The number of benzene rings is 1. The fourth-order valence-electron chi connectivity index (χ4n) is 1.71. The number of carboxylic acids is 1. The van der Waals surface area contributed by atoms with Gasteiger partial charge in [-0.3, -0.25) is 5.10 Å². The first-order valence-corrected chi connectivity index (χ1v) is 5.54. The second-order valence-electron chi connectivity index (χ2n) is 3.72. The van der Waals surface area contributed by atoms with Crippen molar-refractivity contribution in [1.29, 1.82) is 0 Å². The van der Waals surface area contributed by atoms with Crippen molar-refractivity contribution < 1.29 is 14.6 Å². The molecule has 0 aliphatic carbocycles. The number of aromatic nitrogens is 2. The van der Waals surface area contributed by atoms with Gasteiger partial charge in [0.1, 0.15) is 11.4 Å². The van der Waals surface area contributed by atoms with Crippen molar-refractivity contribution in [2.24, 2.45) is 0 Å². The SMILES string of the molecule is COc1ccc(Cl)c(C)c1-c1cc(C(=O)O)[nH]n1. The summed E-state index contributed by atoms with van der Waals surface area (Å²) in [4.78, 5) is 10.8. The second kappa shape index (κ2) is 4.70. The van der Waals surface area contributed by atoms with Gasteiger partial charge in [0, 0.05) is 10.6 Å². The molecule has 0 radical (unpaired) electrons. The number of ether oxygens (including phenoxy) is 1. The number of nitrogens with one attached hydrogen (secondary N) is 1. The highest BCUT2D eigenvalue weighted by atomic mass is 35.5. The number of aromatic amines is 1. The lowest BCUT2D eigenvalue weighted by atomic mass is 10.0. The molecule has 5 nitrogen and oxygen atoms in total. The highest BCUT2D eigenvalue weighted by Crippen LogP contribution is 2.35. The summed E-state index contributed by atoms with van der Waals surface area (Å²) in [5.74, 6) is -0.465. The molecule has 0 saturated carbocycles. The molecule has 18 heavy (non-hydrogen) atoms. The van der Waals surface area contributed by atoms with Gasteiger partial charge in [0.05, 0.1) is 12.8 Å². The van der Waals surface area contributed by atoms with Gasteiger partial charge in [-0.15, -0.1) is 0 Å². The standard InChI is InChI=1S/C12H11ClN2O3/c1-6-7(13)3-4-10(18-2)11(6)8-5-9(12(16)17)15-14-8/h3-5H,1-2H3,(H,14,15)(H,16,17). The number of aromatic carboxylic acids is 1. The summed E-state index contributed by atoms with van der Waals surface area (Å²) in [7, 11) is 1.54. The molecule has 0 saturated heterocycles. The Balaban J connectivity index is 2.61. The fraction of sp³-hybridized carbons (Fsp3) is 0.167. The maximum Gasteiger partial charge on any atom is 0.353 e. The number of carboxylic acid groups (broad SMARTS) is 1. The number of rotatable bonds is 3. The van der Waals surface area contributed by atoms with Gasteiger partial charge in [-0.25, -0.2) is 4.79 Å². The van der Waals surface area contributed by atoms with E-state index in [-0.39, 0.29) is 5.69 Å². The minimum absolute atomic E-state index is 0.0198. The molecule has 0 spiro atoms. The number of methoxy groups -OCH3 is 1. The summed E-state index contributed by atoms with van der Waals surface area (Å²) in [6.07, 6.45) is 0. The molecule has 0 unspecified atom stereocenters. The van der Waals surface area contributed by atoms with Crippen LogP contribution in [-0.2, 0) is 0 Å². The molecule has 2 aromatic rings. The highest BCUT2D eigenvalue weighted by Gasteiger charge is 2.16. The number of hydrogen-bond donors (Lipinski definition) is 2. The van der Waals surface area contributed by atoms with Crippen LogP contribution in [0.2, 0.25) is 5.02 Å². The number of nitrogens with zero attached hydrogens (tertiary/aromatic N) is 1. The third-order valence-corrected chi connectivity index (χ3v) is 3.05. The first-order valence-electron chi connectivity index (χ1n) is 5.16. The Kier molecular flexibility index (Phi) is 3.25. The minimum atomic E-state index is -1.06. The molecule has 0 bridgehead atoms. The largest absolute Gasteiger partial charge is 0.496 e. The van der Waals surface area contributed by atoms with E-state index in [1.165, 1.54) is 13.2 Å². The molecule has 2 rings (SSSR count). The summed E-state index contributed by atoms with van der Waals surface area (Å²) >= 11 is 6.05. The van der Waals surface area contributed by atoms with Crippen LogP contribution in [0.25, 0.3) is 11.3 Å². The Hall–Kier alpha value is -2.01. The zero-order chi connectivity index (χ0) is 13.3. The van der Waals surface area contributed by atoms with E-state index >= 15 is 0 Å². The normalized spacial score (nSPS) is 10.4. The average Bonchev–Trinajstić information content (AvgIpc) is 2.81. The number of hydrogen-bond acceptors (Lipinski definition) is 3.